The zero-order chi connectivity index (χ0) is 14.9. The molecule has 0 aliphatic carbocycles. The van der Waals surface area contributed by atoms with Crippen LogP contribution in [0.2, 0.25) is 5.02 Å². The second-order valence-corrected chi connectivity index (χ2v) is 4.48. The maximum atomic E-state index is 13.6. The Morgan fingerprint density at radius 1 is 1.50 bits per heavy atom. The molecule has 2 aromatic rings. The van der Waals surface area contributed by atoms with Crippen molar-refractivity contribution in [2.75, 3.05) is 0 Å². The van der Waals surface area contributed by atoms with Crippen LogP contribution in [-0.4, -0.2) is 31.7 Å². The lowest BCUT2D eigenvalue weighted by Crippen LogP contribution is -2.21. The average Bonchev–Trinajstić information content (AvgIpc) is 2.83. The molecule has 1 amide bonds. The normalized spacial score (nSPS) is 11.2. The molecule has 7 nitrogen and oxygen atoms in total. The van der Waals surface area contributed by atoms with Crippen molar-refractivity contribution in [3.63, 3.8) is 0 Å². The smallest absolute Gasteiger partial charge is 0.266 e. The van der Waals surface area contributed by atoms with Gasteiger partial charge in [0.05, 0.1) is 28.7 Å². The molecule has 9 heteroatoms. The number of nitrogens with zero attached hydrogens (tertiary/aromatic N) is 5. The molecule has 0 fully saturated rings. The summed E-state index contributed by atoms with van der Waals surface area (Å²) in [7, 11) is 3.06. The molecule has 2 heterocycles. The first-order valence-electron chi connectivity index (χ1n) is 5.61. The molecule has 0 spiro atoms. The van der Waals surface area contributed by atoms with Gasteiger partial charge in [-0.15, -0.1) is 0 Å². The fraction of sp³-hybridized carbons (Fsp3) is 0.273. The van der Waals surface area contributed by atoms with Crippen LogP contribution in [0.3, 0.4) is 0 Å². The first-order valence-corrected chi connectivity index (χ1v) is 5.99. The Balaban J connectivity index is 2.13. The number of nitrogens with one attached hydrogen (secondary N) is 1. The lowest BCUT2D eigenvalue weighted by atomic mass is 10.3. The van der Waals surface area contributed by atoms with Gasteiger partial charge < -0.3 is 0 Å². The Kier molecular flexibility index (Phi) is 3.84. The van der Waals surface area contributed by atoms with Crippen LogP contribution in [0.15, 0.2) is 11.3 Å². The zero-order valence-electron chi connectivity index (χ0n) is 11.1. The summed E-state index contributed by atoms with van der Waals surface area (Å²) in [6.45, 7) is 1.64. The zero-order valence-corrected chi connectivity index (χ0v) is 11.8. The van der Waals surface area contributed by atoms with E-state index in [-0.39, 0.29) is 16.3 Å². The summed E-state index contributed by atoms with van der Waals surface area (Å²) < 4.78 is 16.0. The van der Waals surface area contributed by atoms with Gasteiger partial charge in [0, 0.05) is 14.1 Å². The summed E-state index contributed by atoms with van der Waals surface area (Å²) in [5.74, 6) is -1.06. The van der Waals surface area contributed by atoms with Crippen LogP contribution in [-0.2, 0) is 14.1 Å². The van der Waals surface area contributed by atoms with Gasteiger partial charge in [0.1, 0.15) is 5.69 Å². The van der Waals surface area contributed by atoms with Crippen LogP contribution in [0.25, 0.3) is 0 Å². The standard InChI is InChI=1S/C11H12ClFN6O/c1-6-7(10(13)19(3)17-6)4-14-16-11(20)9-8(12)5-15-18(9)2/h4-5H,1-3H3,(H,16,20)/b14-4-. The summed E-state index contributed by atoms with van der Waals surface area (Å²) in [6, 6.07) is 0. The first kappa shape index (κ1) is 14.2. The molecule has 0 radical (unpaired) electrons. The Labute approximate surface area is 119 Å². The summed E-state index contributed by atoms with van der Waals surface area (Å²) >= 11 is 5.82. The van der Waals surface area contributed by atoms with Crippen LogP contribution in [0.4, 0.5) is 4.39 Å². The summed E-state index contributed by atoms with van der Waals surface area (Å²) in [5, 5.41) is 11.6. The summed E-state index contributed by atoms with van der Waals surface area (Å²) in [6.07, 6.45) is 2.55. The van der Waals surface area contributed by atoms with Gasteiger partial charge in [0.25, 0.3) is 5.91 Å². The van der Waals surface area contributed by atoms with E-state index in [9.17, 15) is 9.18 Å². The fourth-order valence-corrected chi connectivity index (χ4v) is 1.92. The molecular formula is C11H12ClFN6O. The SMILES string of the molecule is Cc1nn(C)c(F)c1/C=N\NC(=O)c1c(Cl)cnn1C. The molecule has 0 saturated carbocycles. The monoisotopic (exact) mass is 298 g/mol. The van der Waals surface area contributed by atoms with E-state index in [4.69, 9.17) is 11.6 Å². The minimum absolute atomic E-state index is 0.173. The third-order valence-corrected chi connectivity index (χ3v) is 2.94. The van der Waals surface area contributed by atoms with E-state index in [1.807, 2.05) is 0 Å². The van der Waals surface area contributed by atoms with E-state index in [2.05, 4.69) is 20.7 Å². The van der Waals surface area contributed by atoms with E-state index in [1.54, 1.807) is 14.0 Å². The van der Waals surface area contributed by atoms with Crippen molar-refractivity contribution in [2.45, 2.75) is 6.92 Å². The van der Waals surface area contributed by atoms with Crippen molar-refractivity contribution in [2.24, 2.45) is 19.2 Å². The van der Waals surface area contributed by atoms with Gasteiger partial charge in [-0.2, -0.15) is 19.7 Å². The Morgan fingerprint density at radius 3 is 2.70 bits per heavy atom. The number of hydrogen-bond acceptors (Lipinski definition) is 4. The van der Waals surface area contributed by atoms with E-state index >= 15 is 0 Å². The third-order valence-electron chi connectivity index (χ3n) is 2.67. The largest absolute Gasteiger partial charge is 0.291 e. The van der Waals surface area contributed by atoms with E-state index in [0.717, 1.165) is 4.68 Å². The molecule has 20 heavy (non-hydrogen) atoms. The molecule has 2 rings (SSSR count). The molecule has 106 valence electrons. The molecular weight excluding hydrogens is 287 g/mol. The number of rotatable bonds is 3. The van der Waals surface area contributed by atoms with Crippen LogP contribution in [0.1, 0.15) is 21.7 Å². The predicted molar refractivity (Wildman–Crippen MR) is 71.2 cm³/mol. The first-order chi connectivity index (χ1) is 9.41. The van der Waals surface area contributed by atoms with E-state index in [0.29, 0.717) is 5.69 Å². The molecule has 0 atom stereocenters. The highest BCUT2D eigenvalue weighted by Gasteiger charge is 2.15. The van der Waals surface area contributed by atoms with Crippen molar-refractivity contribution in [3.05, 3.63) is 34.1 Å². The molecule has 0 aliphatic rings. The van der Waals surface area contributed by atoms with E-state index < -0.39 is 11.9 Å². The number of carbonyl (C=O) groups is 1. The number of amides is 1. The van der Waals surface area contributed by atoms with Gasteiger partial charge in [-0.3, -0.25) is 9.48 Å². The number of carbonyl (C=O) groups excluding carboxylic acids is 1. The Morgan fingerprint density at radius 2 is 2.20 bits per heavy atom. The summed E-state index contributed by atoms with van der Waals surface area (Å²) in [4.78, 5) is 11.8. The second-order valence-electron chi connectivity index (χ2n) is 4.08. The molecule has 0 bridgehead atoms. The maximum absolute atomic E-state index is 13.6. The molecule has 0 aromatic carbocycles. The van der Waals surface area contributed by atoms with Gasteiger partial charge in [0.2, 0.25) is 5.95 Å². The Bertz CT molecular complexity index is 670. The average molecular weight is 299 g/mol. The number of hydrazone groups is 1. The topological polar surface area (TPSA) is 77.1 Å². The van der Waals surface area contributed by atoms with E-state index in [1.165, 1.54) is 24.1 Å². The van der Waals surface area contributed by atoms with Gasteiger partial charge in [-0.25, -0.2) is 10.1 Å². The van der Waals surface area contributed by atoms with Gasteiger partial charge in [0.15, 0.2) is 0 Å². The highest BCUT2D eigenvalue weighted by Crippen LogP contribution is 2.13. The lowest BCUT2D eigenvalue weighted by Gasteiger charge is -2.00. The van der Waals surface area contributed by atoms with Crippen LogP contribution in [0, 0.1) is 12.9 Å². The molecule has 0 saturated heterocycles. The molecule has 1 N–H and O–H groups in total. The van der Waals surface area contributed by atoms with Crippen LogP contribution in [0.5, 0.6) is 0 Å². The van der Waals surface area contributed by atoms with Crippen molar-refractivity contribution in [1.29, 1.82) is 0 Å². The predicted octanol–water partition coefficient (Wildman–Crippen LogP) is 1.02. The Hall–Kier alpha value is -2.22. The van der Waals surface area contributed by atoms with Crippen molar-refractivity contribution < 1.29 is 9.18 Å². The number of aromatic nitrogens is 4. The molecule has 0 unspecified atom stereocenters. The minimum atomic E-state index is -0.534. The highest BCUT2D eigenvalue weighted by atomic mass is 35.5. The fourth-order valence-electron chi connectivity index (χ4n) is 1.67. The highest BCUT2D eigenvalue weighted by molar-refractivity contribution is 6.33. The minimum Gasteiger partial charge on any atom is -0.266 e. The van der Waals surface area contributed by atoms with Gasteiger partial charge in [-0.05, 0) is 6.92 Å². The van der Waals surface area contributed by atoms with Gasteiger partial charge in [-0.1, -0.05) is 11.6 Å². The van der Waals surface area contributed by atoms with Crippen LogP contribution >= 0.6 is 11.6 Å². The molecule has 0 aliphatic heterocycles. The lowest BCUT2D eigenvalue weighted by molar-refractivity contribution is 0.0946. The summed E-state index contributed by atoms with van der Waals surface area (Å²) in [5.41, 5.74) is 3.12. The van der Waals surface area contributed by atoms with Crippen LogP contribution < -0.4 is 5.43 Å². The van der Waals surface area contributed by atoms with Gasteiger partial charge >= 0.3 is 0 Å². The van der Waals surface area contributed by atoms with Crippen molar-refractivity contribution >= 4 is 23.7 Å². The molecule has 2 aromatic heterocycles. The number of hydrogen-bond donors (Lipinski definition) is 1. The van der Waals surface area contributed by atoms with Crippen molar-refractivity contribution in [1.82, 2.24) is 25.0 Å². The van der Waals surface area contributed by atoms with Crippen molar-refractivity contribution in [3.8, 4) is 0 Å². The quantitative estimate of drug-likeness (QED) is 0.679. The second kappa shape index (κ2) is 5.41. The number of halogens is 2. The third kappa shape index (κ3) is 2.55. The maximum Gasteiger partial charge on any atom is 0.291 e. The number of aryl methyl sites for hydroxylation is 3.